The van der Waals surface area contributed by atoms with Crippen molar-refractivity contribution in [1.29, 1.82) is 0 Å². The first-order valence-corrected chi connectivity index (χ1v) is 8.98. The van der Waals surface area contributed by atoms with Gasteiger partial charge < -0.3 is 10.2 Å². The van der Waals surface area contributed by atoms with Gasteiger partial charge in [-0.1, -0.05) is 24.3 Å². The Morgan fingerprint density at radius 1 is 1.15 bits per heavy atom. The topological polar surface area (TPSA) is 58.1 Å². The average Bonchev–Trinajstić information content (AvgIpc) is 3.14. The largest absolute Gasteiger partial charge is 0.344 e. The second kappa shape index (κ2) is 6.75. The molecule has 0 spiro atoms. The van der Waals surface area contributed by atoms with E-state index in [-0.39, 0.29) is 11.9 Å². The molecule has 1 fully saturated rings. The lowest BCUT2D eigenvalue weighted by Gasteiger charge is -2.26. The molecule has 0 unspecified atom stereocenters. The van der Waals surface area contributed by atoms with Crippen molar-refractivity contribution in [3.63, 3.8) is 0 Å². The van der Waals surface area contributed by atoms with Crippen LogP contribution in [0.3, 0.4) is 0 Å². The van der Waals surface area contributed by atoms with E-state index in [9.17, 15) is 4.79 Å². The Kier molecular flexibility index (Phi) is 4.29. The molecule has 1 aromatic heterocycles. The quantitative estimate of drug-likeness (QED) is 0.782. The standard InChI is InChI=1S/C21H22N4O/c1-14-9-10-15(2)18(12-14)24-21(26)19-8-5-11-25(19)20-16-6-3-4-7-17(16)22-13-23-20/h3-4,6-7,9-10,12-13,19H,5,8,11H2,1-2H3,(H,24,26)/t19-/m1/s1. The molecule has 1 saturated heterocycles. The van der Waals surface area contributed by atoms with Crippen LogP contribution in [0.15, 0.2) is 48.8 Å². The van der Waals surface area contributed by atoms with E-state index in [1.807, 2.05) is 50.2 Å². The van der Waals surface area contributed by atoms with Gasteiger partial charge in [0.1, 0.15) is 18.2 Å². The maximum absolute atomic E-state index is 13.0. The van der Waals surface area contributed by atoms with Gasteiger partial charge in [0.05, 0.1) is 5.52 Å². The molecule has 2 heterocycles. The number of carbonyl (C=O) groups is 1. The summed E-state index contributed by atoms with van der Waals surface area (Å²) in [5.74, 6) is 0.869. The third kappa shape index (κ3) is 3.01. The lowest BCUT2D eigenvalue weighted by molar-refractivity contribution is -0.117. The van der Waals surface area contributed by atoms with Crippen molar-refractivity contribution in [3.8, 4) is 0 Å². The molecule has 0 radical (unpaired) electrons. The first-order valence-electron chi connectivity index (χ1n) is 8.98. The number of anilines is 2. The first-order chi connectivity index (χ1) is 12.6. The number of para-hydroxylation sites is 1. The van der Waals surface area contributed by atoms with Crippen molar-refractivity contribution in [2.75, 3.05) is 16.8 Å². The molecular weight excluding hydrogens is 324 g/mol. The lowest BCUT2D eigenvalue weighted by atomic mass is 10.1. The molecule has 2 aromatic carbocycles. The maximum atomic E-state index is 13.0. The molecule has 1 aliphatic rings. The normalized spacial score (nSPS) is 16.8. The van der Waals surface area contributed by atoms with Gasteiger partial charge >= 0.3 is 0 Å². The first kappa shape index (κ1) is 16.5. The van der Waals surface area contributed by atoms with Gasteiger partial charge in [0, 0.05) is 17.6 Å². The van der Waals surface area contributed by atoms with Crippen LogP contribution in [0, 0.1) is 13.8 Å². The summed E-state index contributed by atoms with van der Waals surface area (Å²) in [7, 11) is 0. The van der Waals surface area contributed by atoms with E-state index < -0.39 is 0 Å². The zero-order chi connectivity index (χ0) is 18.1. The molecule has 4 rings (SSSR count). The number of benzene rings is 2. The number of aryl methyl sites for hydroxylation is 2. The van der Waals surface area contributed by atoms with Gasteiger partial charge in [0.25, 0.3) is 0 Å². The Morgan fingerprint density at radius 3 is 2.88 bits per heavy atom. The Hall–Kier alpha value is -2.95. The van der Waals surface area contributed by atoms with Crippen molar-refractivity contribution in [2.24, 2.45) is 0 Å². The van der Waals surface area contributed by atoms with Crippen molar-refractivity contribution < 1.29 is 4.79 Å². The highest BCUT2D eigenvalue weighted by molar-refractivity contribution is 5.99. The summed E-state index contributed by atoms with van der Waals surface area (Å²) in [5.41, 5.74) is 3.99. The fraction of sp³-hybridized carbons (Fsp3) is 0.286. The third-order valence-corrected chi connectivity index (χ3v) is 5.00. The molecule has 1 N–H and O–H groups in total. The number of nitrogens with one attached hydrogen (secondary N) is 1. The second-order valence-corrected chi connectivity index (χ2v) is 6.87. The van der Waals surface area contributed by atoms with Crippen LogP contribution in [0.5, 0.6) is 0 Å². The molecule has 1 aliphatic heterocycles. The highest BCUT2D eigenvalue weighted by Gasteiger charge is 2.32. The van der Waals surface area contributed by atoms with Gasteiger partial charge in [-0.2, -0.15) is 0 Å². The monoisotopic (exact) mass is 346 g/mol. The van der Waals surface area contributed by atoms with Gasteiger partial charge in [0.2, 0.25) is 5.91 Å². The predicted octanol–water partition coefficient (Wildman–Crippen LogP) is 3.85. The van der Waals surface area contributed by atoms with Crippen LogP contribution in [0.25, 0.3) is 10.9 Å². The minimum atomic E-state index is -0.215. The number of aromatic nitrogens is 2. The van der Waals surface area contributed by atoms with Crippen LogP contribution in [0.4, 0.5) is 11.5 Å². The SMILES string of the molecule is Cc1ccc(C)c(NC(=O)[C@H]2CCCN2c2ncnc3ccccc23)c1. The van der Waals surface area contributed by atoms with Gasteiger partial charge in [-0.25, -0.2) is 9.97 Å². The molecule has 1 amide bonds. The molecule has 5 heteroatoms. The Bertz CT molecular complexity index is 964. The van der Waals surface area contributed by atoms with Crippen LogP contribution in [0.2, 0.25) is 0 Å². The number of carbonyl (C=O) groups excluding carboxylic acids is 1. The summed E-state index contributed by atoms with van der Waals surface area (Å²) in [4.78, 5) is 23.9. The summed E-state index contributed by atoms with van der Waals surface area (Å²) >= 11 is 0. The van der Waals surface area contributed by atoms with Gasteiger partial charge in [-0.3, -0.25) is 4.79 Å². The van der Waals surface area contributed by atoms with Crippen molar-refractivity contribution >= 4 is 28.3 Å². The number of rotatable bonds is 3. The number of hydrogen-bond donors (Lipinski definition) is 1. The van der Waals surface area contributed by atoms with E-state index in [2.05, 4.69) is 26.3 Å². The summed E-state index contributed by atoms with van der Waals surface area (Å²) in [6.07, 6.45) is 3.38. The van der Waals surface area contributed by atoms with Crippen molar-refractivity contribution in [3.05, 3.63) is 59.9 Å². The highest BCUT2D eigenvalue weighted by atomic mass is 16.2. The number of nitrogens with zero attached hydrogens (tertiary/aromatic N) is 3. The molecule has 5 nitrogen and oxygen atoms in total. The van der Waals surface area contributed by atoms with E-state index in [1.54, 1.807) is 6.33 Å². The van der Waals surface area contributed by atoms with E-state index in [4.69, 9.17) is 0 Å². The molecular formula is C21H22N4O. The van der Waals surface area contributed by atoms with Crippen LogP contribution in [-0.2, 0) is 4.79 Å². The number of amides is 1. The summed E-state index contributed by atoms with van der Waals surface area (Å²) in [6.45, 7) is 4.87. The maximum Gasteiger partial charge on any atom is 0.247 e. The zero-order valence-electron chi connectivity index (χ0n) is 15.1. The lowest BCUT2D eigenvalue weighted by Crippen LogP contribution is -2.40. The number of hydrogen-bond acceptors (Lipinski definition) is 4. The van der Waals surface area contributed by atoms with E-state index in [1.165, 1.54) is 0 Å². The van der Waals surface area contributed by atoms with Gasteiger partial charge in [0.15, 0.2) is 0 Å². The third-order valence-electron chi connectivity index (χ3n) is 5.00. The molecule has 132 valence electrons. The fourth-order valence-corrected chi connectivity index (χ4v) is 3.60. The Morgan fingerprint density at radius 2 is 2.00 bits per heavy atom. The predicted molar refractivity (Wildman–Crippen MR) is 104 cm³/mol. The molecule has 0 aliphatic carbocycles. The Labute approximate surface area is 153 Å². The van der Waals surface area contributed by atoms with Crippen LogP contribution < -0.4 is 10.2 Å². The molecule has 0 saturated carbocycles. The van der Waals surface area contributed by atoms with E-state index >= 15 is 0 Å². The zero-order valence-corrected chi connectivity index (χ0v) is 15.1. The minimum Gasteiger partial charge on any atom is -0.344 e. The Balaban J connectivity index is 1.64. The number of fused-ring (bicyclic) bond motifs is 1. The molecule has 3 aromatic rings. The smallest absolute Gasteiger partial charge is 0.247 e. The average molecular weight is 346 g/mol. The van der Waals surface area contributed by atoms with Crippen molar-refractivity contribution in [1.82, 2.24) is 9.97 Å². The summed E-state index contributed by atoms with van der Waals surface area (Å²) in [6, 6.07) is 13.8. The molecule has 0 bridgehead atoms. The van der Waals surface area contributed by atoms with Crippen LogP contribution in [-0.4, -0.2) is 28.5 Å². The van der Waals surface area contributed by atoms with Gasteiger partial charge in [-0.15, -0.1) is 0 Å². The van der Waals surface area contributed by atoms with E-state index in [0.717, 1.165) is 52.9 Å². The van der Waals surface area contributed by atoms with Crippen molar-refractivity contribution in [2.45, 2.75) is 32.7 Å². The minimum absolute atomic E-state index is 0.0268. The highest BCUT2D eigenvalue weighted by Crippen LogP contribution is 2.30. The molecule has 1 atom stereocenters. The van der Waals surface area contributed by atoms with Crippen LogP contribution in [0.1, 0.15) is 24.0 Å². The van der Waals surface area contributed by atoms with Gasteiger partial charge in [-0.05, 0) is 56.0 Å². The molecule has 26 heavy (non-hydrogen) atoms. The summed E-state index contributed by atoms with van der Waals surface area (Å²) < 4.78 is 0. The fourth-order valence-electron chi connectivity index (χ4n) is 3.60. The van der Waals surface area contributed by atoms with E-state index in [0.29, 0.717) is 0 Å². The summed E-state index contributed by atoms with van der Waals surface area (Å²) in [5, 5.41) is 4.10. The second-order valence-electron chi connectivity index (χ2n) is 6.87. The van der Waals surface area contributed by atoms with Crippen LogP contribution >= 0.6 is 0 Å².